The van der Waals surface area contributed by atoms with Crippen LogP contribution in [-0.4, -0.2) is 53.0 Å². The number of amides is 3. The maximum absolute atomic E-state index is 14.0. The van der Waals surface area contributed by atoms with Gasteiger partial charge >= 0.3 is 0 Å². The van der Waals surface area contributed by atoms with Gasteiger partial charge in [-0.3, -0.25) is 14.4 Å². The van der Waals surface area contributed by atoms with E-state index in [2.05, 4.69) is 5.32 Å². The highest BCUT2D eigenvalue weighted by atomic mass is 19.1. The quantitative estimate of drug-likeness (QED) is 0.279. The second kappa shape index (κ2) is 14.7. The highest BCUT2D eigenvalue weighted by Gasteiger charge is 2.44. The summed E-state index contributed by atoms with van der Waals surface area (Å²) in [5, 5.41) is 14.2. The Balaban J connectivity index is 1.96. The molecule has 3 atom stereocenters. The number of nitrogens with two attached hydrogens (primary N) is 2. The van der Waals surface area contributed by atoms with Crippen molar-refractivity contribution < 1.29 is 23.9 Å². The zero-order chi connectivity index (χ0) is 30.0. The zero-order valence-corrected chi connectivity index (χ0v) is 23.8. The first-order valence-corrected chi connectivity index (χ1v) is 14.1. The zero-order valence-electron chi connectivity index (χ0n) is 23.8. The van der Waals surface area contributed by atoms with Crippen molar-refractivity contribution in [2.75, 3.05) is 13.1 Å². The number of benzene rings is 2. The van der Waals surface area contributed by atoms with Crippen LogP contribution in [0.25, 0.3) is 0 Å². The molecular formula is C32H41FN4O4. The third kappa shape index (κ3) is 8.58. The molecule has 0 saturated heterocycles. The van der Waals surface area contributed by atoms with Crippen molar-refractivity contribution in [2.45, 2.75) is 64.6 Å². The normalized spacial score (nSPS) is 18.1. The molecule has 9 heteroatoms. The Labute approximate surface area is 241 Å². The lowest BCUT2D eigenvalue weighted by molar-refractivity contribution is -0.131. The van der Waals surface area contributed by atoms with Crippen molar-refractivity contribution >= 4 is 17.7 Å². The fourth-order valence-electron chi connectivity index (χ4n) is 5.18. The number of carbonyl (C=O) groups excluding carboxylic acids is 3. The summed E-state index contributed by atoms with van der Waals surface area (Å²) >= 11 is 0. The van der Waals surface area contributed by atoms with Crippen LogP contribution in [0.2, 0.25) is 0 Å². The number of primary amides is 1. The number of halogens is 1. The van der Waals surface area contributed by atoms with Crippen molar-refractivity contribution in [3.8, 4) is 0 Å². The smallest absolute Gasteiger partial charge is 0.249 e. The lowest BCUT2D eigenvalue weighted by Crippen LogP contribution is -2.48. The highest BCUT2D eigenvalue weighted by Crippen LogP contribution is 2.40. The fourth-order valence-corrected chi connectivity index (χ4v) is 5.18. The molecule has 0 radical (unpaired) electrons. The van der Waals surface area contributed by atoms with Gasteiger partial charge < -0.3 is 26.8 Å². The van der Waals surface area contributed by atoms with Crippen LogP contribution < -0.4 is 16.8 Å². The van der Waals surface area contributed by atoms with E-state index in [1.54, 1.807) is 17.0 Å². The molecule has 2 aromatic carbocycles. The van der Waals surface area contributed by atoms with Crippen molar-refractivity contribution in [1.29, 1.82) is 0 Å². The third-order valence-corrected chi connectivity index (χ3v) is 7.30. The molecule has 0 aromatic heterocycles. The molecule has 0 heterocycles. The Morgan fingerprint density at radius 3 is 2.24 bits per heavy atom. The number of rotatable bonds is 14. The number of nitrogens with one attached hydrogen (secondary N) is 1. The van der Waals surface area contributed by atoms with Crippen molar-refractivity contribution in [1.82, 2.24) is 10.2 Å². The second-order valence-electron chi connectivity index (χ2n) is 10.7. The highest BCUT2D eigenvalue weighted by molar-refractivity contribution is 6.03. The van der Waals surface area contributed by atoms with E-state index >= 15 is 0 Å². The topological polar surface area (TPSA) is 139 Å². The number of carbonyl (C=O) groups is 3. The van der Waals surface area contributed by atoms with E-state index in [-0.39, 0.29) is 48.7 Å². The van der Waals surface area contributed by atoms with Crippen LogP contribution in [0.4, 0.5) is 4.39 Å². The number of nitrogens with zero attached hydrogens (tertiary/aromatic N) is 1. The van der Waals surface area contributed by atoms with Gasteiger partial charge in [-0.2, -0.15) is 0 Å². The molecular weight excluding hydrogens is 523 g/mol. The number of hydrogen-bond acceptors (Lipinski definition) is 5. The number of hydrogen-bond donors (Lipinski definition) is 4. The van der Waals surface area contributed by atoms with Gasteiger partial charge in [0.2, 0.25) is 17.7 Å². The van der Waals surface area contributed by atoms with Crippen LogP contribution >= 0.6 is 0 Å². The van der Waals surface area contributed by atoms with Crippen LogP contribution in [0.1, 0.15) is 50.7 Å². The molecule has 0 saturated carbocycles. The van der Waals surface area contributed by atoms with Gasteiger partial charge in [0.15, 0.2) is 0 Å². The number of aliphatic hydroxyl groups is 1. The molecule has 1 aliphatic rings. The van der Waals surface area contributed by atoms with Gasteiger partial charge in [0, 0.05) is 36.8 Å². The largest absolute Gasteiger partial charge is 0.391 e. The molecule has 41 heavy (non-hydrogen) atoms. The first kappa shape index (κ1) is 31.7. The predicted octanol–water partition coefficient (Wildman–Crippen LogP) is 3.14. The monoisotopic (exact) mass is 564 g/mol. The molecule has 0 fully saturated rings. The van der Waals surface area contributed by atoms with Crippen molar-refractivity contribution in [2.24, 2.45) is 16.9 Å². The summed E-state index contributed by atoms with van der Waals surface area (Å²) in [6.45, 7) is 5.21. The Morgan fingerprint density at radius 1 is 1.02 bits per heavy atom. The Morgan fingerprint density at radius 2 is 1.66 bits per heavy atom. The van der Waals surface area contributed by atoms with Crippen molar-refractivity contribution in [3.63, 3.8) is 0 Å². The van der Waals surface area contributed by atoms with E-state index < -0.39 is 29.4 Å². The van der Waals surface area contributed by atoms with Gasteiger partial charge in [0.05, 0.1) is 11.5 Å². The molecule has 3 amide bonds. The maximum Gasteiger partial charge on any atom is 0.249 e. The average Bonchev–Trinajstić information content (AvgIpc) is 2.96. The van der Waals surface area contributed by atoms with Gasteiger partial charge in [0.25, 0.3) is 0 Å². The number of aliphatic hydroxyl groups excluding tert-OH is 1. The van der Waals surface area contributed by atoms with E-state index in [1.807, 2.05) is 44.2 Å². The minimum atomic E-state index is -1.47. The summed E-state index contributed by atoms with van der Waals surface area (Å²) in [5.41, 5.74) is 12.5. The summed E-state index contributed by atoms with van der Waals surface area (Å²) in [6, 6.07) is 14.3. The second-order valence-corrected chi connectivity index (χ2v) is 10.7. The standard InChI is InChI=1S/C32H41FN4O4/c1-3-14-37(15-4-2)30(40)25-17-24(29(35)39)18-32(19-25,31(41)36-21-23-8-6-5-7-9-23)20-28(38)27(34)16-22-10-12-26(33)13-11-22/h5-13,17-18,27-28,38H,3-4,14-16,19-21,34H2,1-2H3,(H2,35,39)(H,36,41)/t27-,28+,32?/m0/s1. The third-order valence-electron chi connectivity index (χ3n) is 7.30. The summed E-state index contributed by atoms with van der Waals surface area (Å²) < 4.78 is 13.4. The molecule has 220 valence electrons. The van der Waals surface area contributed by atoms with E-state index in [0.717, 1.165) is 24.0 Å². The van der Waals surface area contributed by atoms with E-state index in [4.69, 9.17) is 11.5 Å². The van der Waals surface area contributed by atoms with Gasteiger partial charge in [-0.05, 0) is 61.4 Å². The van der Waals surface area contributed by atoms with Crippen LogP contribution in [0, 0.1) is 11.2 Å². The van der Waals surface area contributed by atoms with Crippen LogP contribution in [0.15, 0.2) is 77.9 Å². The molecule has 0 bridgehead atoms. The Kier molecular flexibility index (Phi) is 11.4. The average molecular weight is 565 g/mol. The molecule has 8 nitrogen and oxygen atoms in total. The molecule has 6 N–H and O–H groups in total. The van der Waals surface area contributed by atoms with E-state index in [1.165, 1.54) is 24.3 Å². The summed E-state index contributed by atoms with van der Waals surface area (Å²) in [5.74, 6) is -1.89. The SMILES string of the molecule is CCCN(CCC)C(=O)C1=CC(C(N)=O)=CC(C[C@@H](O)[C@@H](N)Cc2ccc(F)cc2)(C(=O)NCc2ccccc2)C1. The van der Waals surface area contributed by atoms with Gasteiger partial charge in [-0.25, -0.2) is 4.39 Å². The molecule has 2 aromatic rings. The minimum absolute atomic E-state index is 0.0294. The Bertz CT molecular complexity index is 1260. The first-order chi connectivity index (χ1) is 19.6. The first-order valence-electron chi connectivity index (χ1n) is 14.1. The van der Waals surface area contributed by atoms with Gasteiger partial charge in [-0.1, -0.05) is 62.4 Å². The van der Waals surface area contributed by atoms with Crippen LogP contribution in [0.5, 0.6) is 0 Å². The lowest BCUT2D eigenvalue weighted by atomic mass is 9.70. The molecule has 3 rings (SSSR count). The minimum Gasteiger partial charge on any atom is -0.391 e. The molecule has 0 aliphatic heterocycles. The Hall–Kier alpha value is -3.82. The molecule has 1 aliphatic carbocycles. The van der Waals surface area contributed by atoms with E-state index in [9.17, 15) is 23.9 Å². The summed E-state index contributed by atoms with van der Waals surface area (Å²) in [4.78, 5) is 41.8. The molecule has 0 spiro atoms. The van der Waals surface area contributed by atoms with Crippen molar-refractivity contribution in [3.05, 3.63) is 94.8 Å². The predicted molar refractivity (Wildman–Crippen MR) is 157 cm³/mol. The van der Waals surface area contributed by atoms with Gasteiger partial charge in [0.1, 0.15) is 5.82 Å². The summed E-state index contributed by atoms with van der Waals surface area (Å²) in [7, 11) is 0. The van der Waals surface area contributed by atoms with Crippen LogP contribution in [-0.2, 0) is 27.3 Å². The lowest BCUT2D eigenvalue weighted by Gasteiger charge is -2.37. The van der Waals surface area contributed by atoms with E-state index in [0.29, 0.717) is 13.1 Å². The summed E-state index contributed by atoms with van der Waals surface area (Å²) in [6.07, 6.45) is 3.27. The fraction of sp³-hybridized carbons (Fsp3) is 0.406. The van der Waals surface area contributed by atoms with Crippen LogP contribution in [0.3, 0.4) is 0 Å². The van der Waals surface area contributed by atoms with Gasteiger partial charge in [-0.15, -0.1) is 0 Å². The molecule has 1 unspecified atom stereocenters. The maximum atomic E-state index is 14.0.